The predicted octanol–water partition coefficient (Wildman–Crippen LogP) is -0.374. The summed E-state index contributed by atoms with van der Waals surface area (Å²) in [6.07, 6.45) is -0.806. The molecule has 1 rings (SSSR count). The van der Waals surface area contributed by atoms with Crippen molar-refractivity contribution in [3.8, 4) is 0 Å². The first-order valence-electron chi connectivity index (χ1n) is 4.97. The van der Waals surface area contributed by atoms with E-state index in [2.05, 4.69) is 5.32 Å². The number of likely N-dealkylation sites (tertiary alicyclic amines) is 1. The maximum atomic E-state index is 11.4. The first-order valence-corrected chi connectivity index (χ1v) is 4.97. The lowest BCUT2D eigenvalue weighted by atomic mass is 10.0. The quantitative estimate of drug-likeness (QED) is 0.587. The normalized spacial score (nSPS) is 19.7. The van der Waals surface area contributed by atoms with E-state index in [-0.39, 0.29) is 11.9 Å². The number of hydrogen-bond acceptors (Lipinski definition) is 3. The molecule has 86 valence electrons. The third kappa shape index (κ3) is 3.39. The lowest BCUT2D eigenvalue weighted by Gasteiger charge is -2.32. The van der Waals surface area contributed by atoms with Crippen molar-refractivity contribution in [1.29, 1.82) is 0 Å². The molecule has 0 bridgehead atoms. The van der Waals surface area contributed by atoms with Crippen molar-refractivity contribution in [3.63, 3.8) is 0 Å². The smallest absolute Gasteiger partial charge is 0.404 e. The van der Waals surface area contributed by atoms with Crippen LogP contribution < -0.4 is 5.32 Å². The summed E-state index contributed by atoms with van der Waals surface area (Å²) in [5, 5.41) is 20.0. The molecule has 0 unspecified atom stereocenters. The number of amides is 2. The highest BCUT2D eigenvalue weighted by molar-refractivity contribution is 5.80. The van der Waals surface area contributed by atoms with Gasteiger partial charge in [0.15, 0.2) is 0 Å². The second-order valence-corrected chi connectivity index (χ2v) is 3.73. The van der Waals surface area contributed by atoms with Gasteiger partial charge in [-0.25, -0.2) is 4.79 Å². The van der Waals surface area contributed by atoms with Gasteiger partial charge in [-0.3, -0.25) is 4.79 Å². The van der Waals surface area contributed by atoms with Gasteiger partial charge in [0.05, 0.1) is 0 Å². The Labute approximate surface area is 87.9 Å². The fourth-order valence-electron chi connectivity index (χ4n) is 1.68. The lowest BCUT2D eigenvalue weighted by molar-refractivity contribution is -0.140. The van der Waals surface area contributed by atoms with E-state index < -0.39 is 12.2 Å². The topological polar surface area (TPSA) is 89.9 Å². The van der Waals surface area contributed by atoms with Gasteiger partial charge in [-0.2, -0.15) is 0 Å². The van der Waals surface area contributed by atoms with Crippen LogP contribution in [0.5, 0.6) is 0 Å². The number of aliphatic hydroxyl groups excluding tert-OH is 1. The molecule has 0 saturated carbocycles. The molecule has 3 N–H and O–H groups in total. The molecular formula is C9H16N2O4. The summed E-state index contributed by atoms with van der Waals surface area (Å²) in [5.74, 6) is -0.288. The van der Waals surface area contributed by atoms with Gasteiger partial charge in [-0.05, 0) is 19.8 Å². The van der Waals surface area contributed by atoms with E-state index in [0.717, 1.165) is 0 Å². The fraction of sp³-hybridized carbons (Fsp3) is 0.778. The Hall–Kier alpha value is -1.30. The van der Waals surface area contributed by atoms with Crippen molar-refractivity contribution in [2.45, 2.75) is 31.9 Å². The summed E-state index contributed by atoms with van der Waals surface area (Å²) in [7, 11) is 0. The maximum absolute atomic E-state index is 11.4. The van der Waals surface area contributed by atoms with Crippen molar-refractivity contribution in [2.24, 2.45) is 0 Å². The molecule has 1 aliphatic rings. The van der Waals surface area contributed by atoms with Crippen LogP contribution in [0, 0.1) is 0 Å². The van der Waals surface area contributed by atoms with Gasteiger partial charge in [-0.1, -0.05) is 0 Å². The molecule has 0 aromatic rings. The van der Waals surface area contributed by atoms with Crippen LogP contribution in [0.4, 0.5) is 4.79 Å². The molecule has 0 aliphatic carbocycles. The molecule has 0 aromatic carbocycles. The number of carbonyl (C=O) groups excluding carboxylic acids is 1. The summed E-state index contributed by atoms with van der Waals surface area (Å²) in [4.78, 5) is 23.3. The summed E-state index contributed by atoms with van der Waals surface area (Å²) < 4.78 is 0. The minimum Gasteiger partial charge on any atom is -0.465 e. The van der Waals surface area contributed by atoms with Crippen molar-refractivity contribution in [3.05, 3.63) is 0 Å². The third-order valence-electron chi connectivity index (χ3n) is 2.49. The average molecular weight is 216 g/mol. The summed E-state index contributed by atoms with van der Waals surface area (Å²) in [5.41, 5.74) is 0. The Kier molecular flexibility index (Phi) is 3.90. The number of hydrogen-bond donors (Lipinski definition) is 3. The molecule has 0 spiro atoms. The molecule has 2 amide bonds. The Morgan fingerprint density at radius 3 is 2.33 bits per heavy atom. The summed E-state index contributed by atoms with van der Waals surface area (Å²) >= 11 is 0. The highest BCUT2D eigenvalue weighted by Crippen LogP contribution is 2.11. The Morgan fingerprint density at radius 2 is 1.93 bits per heavy atom. The van der Waals surface area contributed by atoms with E-state index in [4.69, 9.17) is 10.2 Å². The van der Waals surface area contributed by atoms with Crippen LogP contribution in [-0.4, -0.2) is 52.3 Å². The molecule has 15 heavy (non-hydrogen) atoms. The number of carbonyl (C=O) groups is 2. The number of piperidine rings is 1. The molecule has 0 radical (unpaired) electrons. The van der Waals surface area contributed by atoms with Crippen LogP contribution in [-0.2, 0) is 4.79 Å². The molecule has 6 heteroatoms. The van der Waals surface area contributed by atoms with Crippen molar-refractivity contribution >= 4 is 12.0 Å². The molecule has 1 atom stereocenters. The van der Waals surface area contributed by atoms with Gasteiger partial charge in [0.2, 0.25) is 0 Å². The number of nitrogens with zero attached hydrogens (tertiary/aromatic N) is 1. The van der Waals surface area contributed by atoms with E-state index >= 15 is 0 Å². The largest absolute Gasteiger partial charge is 0.465 e. The first kappa shape index (κ1) is 11.8. The van der Waals surface area contributed by atoms with Crippen LogP contribution in [0.25, 0.3) is 0 Å². The van der Waals surface area contributed by atoms with E-state index in [0.29, 0.717) is 25.9 Å². The minimum absolute atomic E-state index is 0.0828. The van der Waals surface area contributed by atoms with Crippen LogP contribution in [0.1, 0.15) is 19.8 Å². The number of nitrogens with one attached hydrogen (secondary N) is 1. The molecule has 1 heterocycles. The number of rotatable bonds is 2. The van der Waals surface area contributed by atoms with Crippen LogP contribution in [0.3, 0.4) is 0 Å². The molecule has 6 nitrogen and oxygen atoms in total. The fourth-order valence-corrected chi connectivity index (χ4v) is 1.68. The van der Waals surface area contributed by atoms with Gasteiger partial charge in [-0.15, -0.1) is 0 Å². The highest BCUT2D eigenvalue weighted by atomic mass is 16.4. The SMILES string of the molecule is C[C@@H](O)C(=O)N1CCC(NC(=O)O)CC1. The third-order valence-corrected chi connectivity index (χ3v) is 2.49. The minimum atomic E-state index is -1.03. The van der Waals surface area contributed by atoms with Crippen molar-refractivity contribution in [2.75, 3.05) is 13.1 Å². The second kappa shape index (κ2) is 4.97. The monoisotopic (exact) mass is 216 g/mol. The van der Waals surface area contributed by atoms with E-state index in [9.17, 15) is 9.59 Å². The second-order valence-electron chi connectivity index (χ2n) is 3.73. The van der Waals surface area contributed by atoms with Crippen molar-refractivity contribution in [1.82, 2.24) is 10.2 Å². The van der Waals surface area contributed by atoms with E-state index in [1.165, 1.54) is 6.92 Å². The van der Waals surface area contributed by atoms with Gasteiger partial charge in [0, 0.05) is 19.1 Å². The van der Waals surface area contributed by atoms with Gasteiger partial charge in [0.25, 0.3) is 5.91 Å². The molecule has 1 fully saturated rings. The number of aliphatic hydroxyl groups is 1. The standard InChI is InChI=1S/C9H16N2O4/c1-6(12)8(13)11-4-2-7(3-5-11)10-9(14)15/h6-7,10,12H,2-5H2,1H3,(H,14,15)/t6-/m1/s1. The zero-order chi connectivity index (χ0) is 11.4. The van der Waals surface area contributed by atoms with Crippen molar-refractivity contribution < 1.29 is 19.8 Å². The zero-order valence-corrected chi connectivity index (χ0v) is 8.64. The molecule has 1 saturated heterocycles. The van der Waals surface area contributed by atoms with Gasteiger partial charge < -0.3 is 20.4 Å². The van der Waals surface area contributed by atoms with E-state index in [1.807, 2.05) is 0 Å². The van der Waals surface area contributed by atoms with Crippen LogP contribution >= 0.6 is 0 Å². The van der Waals surface area contributed by atoms with Gasteiger partial charge >= 0.3 is 6.09 Å². The Bertz CT molecular complexity index is 246. The van der Waals surface area contributed by atoms with Crippen LogP contribution in [0.15, 0.2) is 0 Å². The average Bonchev–Trinajstić information content (AvgIpc) is 2.17. The maximum Gasteiger partial charge on any atom is 0.404 e. The first-order chi connectivity index (χ1) is 7.00. The lowest BCUT2D eigenvalue weighted by Crippen LogP contribution is -2.48. The zero-order valence-electron chi connectivity index (χ0n) is 8.64. The Balaban J connectivity index is 2.35. The van der Waals surface area contributed by atoms with Gasteiger partial charge in [0.1, 0.15) is 6.10 Å². The predicted molar refractivity (Wildman–Crippen MR) is 52.4 cm³/mol. The molecule has 1 aliphatic heterocycles. The molecule has 0 aromatic heterocycles. The summed E-state index contributed by atoms with van der Waals surface area (Å²) in [6.45, 7) is 2.42. The highest BCUT2D eigenvalue weighted by Gasteiger charge is 2.25. The van der Waals surface area contributed by atoms with E-state index in [1.54, 1.807) is 4.90 Å². The Morgan fingerprint density at radius 1 is 1.40 bits per heavy atom. The summed E-state index contributed by atoms with van der Waals surface area (Å²) in [6, 6.07) is -0.0828. The number of carboxylic acid groups (broad SMARTS) is 1. The molecular weight excluding hydrogens is 200 g/mol. The van der Waals surface area contributed by atoms with Crippen LogP contribution in [0.2, 0.25) is 0 Å².